The molecule has 3 heteroatoms. The van der Waals surface area contributed by atoms with E-state index in [1.807, 2.05) is 25.1 Å². The molecule has 0 aliphatic heterocycles. The molecule has 0 unspecified atom stereocenters. The topological polar surface area (TPSA) is 49.3 Å². The molecule has 21 heavy (non-hydrogen) atoms. The van der Waals surface area contributed by atoms with Crippen LogP contribution in [0.5, 0.6) is 0 Å². The van der Waals surface area contributed by atoms with Crippen molar-refractivity contribution >= 4 is 5.91 Å². The smallest absolute Gasteiger partial charge is 0.223 e. The molecule has 1 amide bonds. The number of allylic oxidation sites excluding steroid dienone is 2. The monoisotopic (exact) mass is 287 g/mol. The fraction of sp³-hybridized carbons (Fsp3) is 0.500. The van der Waals surface area contributed by atoms with E-state index in [9.17, 15) is 9.90 Å². The highest BCUT2D eigenvalue weighted by Gasteiger charge is 2.31. The Labute approximate surface area is 127 Å². The summed E-state index contributed by atoms with van der Waals surface area (Å²) in [5, 5.41) is 13.2. The fourth-order valence-corrected chi connectivity index (χ4v) is 2.68. The van der Waals surface area contributed by atoms with Gasteiger partial charge in [-0.15, -0.1) is 0 Å². The van der Waals surface area contributed by atoms with Crippen LogP contribution in [0.4, 0.5) is 0 Å². The maximum atomic E-state index is 12.1. The molecule has 0 saturated carbocycles. The summed E-state index contributed by atoms with van der Waals surface area (Å²) in [6, 6.07) is 10.1. The van der Waals surface area contributed by atoms with Gasteiger partial charge in [0.1, 0.15) is 0 Å². The van der Waals surface area contributed by atoms with Crippen LogP contribution in [0.15, 0.2) is 42.5 Å². The van der Waals surface area contributed by atoms with E-state index in [0.717, 1.165) is 19.3 Å². The van der Waals surface area contributed by atoms with Gasteiger partial charge in [0.2, 0.25) is 5.91 Å². The van der Waals surface area contributed by atoms with Crippen LogP contribution in [0.1, 0.15) is 32.3 Å². The molecular weight excluding hydrogens is 262 g/mol. The third-order valence-corrected chi connectivity index (χ3v) is 4.50. The molecule has 0 aromatic heterocycles. The number of amides is 1. The van der Waals surface area contributed by atoms with Crippen molar-refractivity contribution in [2.24, 2.45) is 11.3 Å². The Morgan fingerprint density at radius 3 is 2.52 bits per heavy atom. The van der Waals surface area contributed by atoms with Crippen molar-refractivity contribution in [3.8, 4) is 0 Å². The summed E-state index contributed by atoms with van der Waals surface area (Å²) < 4.78 is 0. The lowest BCUT2D eigenvalue weighted by atomic mass is 9.79. The van der Waals surface area contributed by atoms with Gasteiger partial charge in [0.05, 0.1) is 6.10 Å². The molecule has 114 valence electrons. The Morgan fingerprint density at radius 1 is 1.33 bits per heavy atom. The van der Waals surface area contributed by atoms with E-state index in [1.165, 1.54) is 5.56 Å². The second-order valence-corrected chi connectivity index (χ2v) is 6.35. The summed E-state index contributed by atoms with van der Waals surface area (Å²) in [5.41, 5.74) is 0.820. The summed E-state index contributed by atoms with van der Waals surface area (Å²) in [6.07, 6.45) is 6.03. The van der Waals surface area contributed by atoms with Crippen LogP contribution in [0, 0.1) is 11.3 Å². The molecule has 1 aromatic carbocycles. The van der Waals surface area contributed by atoms with Crippen LogP contribution in [-0.4, -0.2) is 23.7 Å². The standard InChI is InChI=1S/C18H25NO2/c1-14(20)18(2,12-15-8-4-3-5-9-15)13-19-17(21)16-10-6-7-11-16/h3-9,14,16,20H,10-13H2,1-2H3,(H,19,21)/t14-,18-/m0/s1. The van der Waals surface area contributed by atoms with Gasteiger partial charge in [-0.25, -0.2) is 0 Å². The van der Waals surface area contributed by atoms with E-state index >= 15 is 0 Å². The second kappa shape index (κ2) is 6.90. The van der Waals surface area contributed by atoms with Crippen molar-refractivity contribution in [3.05, 3.63) is 48.0 Å². The average molecular weight is 287 g/mol. The first-order chi connectivity index (χ1) is 10.0. The van der Waals surface area contributed by atoms with Gasteiger partial charge in [0, 0.05) is 17.9 Å². The van der Waals surface area contributed by atoms with E-state index in [2.05, 4.69) is 29.6 Å². The van der Waals surface area contributed by atoms with Gasteiger partial charge < -0.3 is 10.4 Å². The second-order valence-electron chi connectivity index (χ2n) is 6.35. The SMILES string of the molecule is C[C@H](O)[C@](C)(CNC(=O)C1CC=CC1)Cc1ccccc1. The van der Waals surface area contributed by atoms with Gasteiger partial charge in [-0.2, -0.15) is 0 Å². The van der Waals surface area contributed by atoms with Crippen LogP contribution in [0.3, 0.4) is 0 Å². The van der Waals surface area contributed by atoms with Crippen molar-refractivity contribution < 1.29 is 9.90 Å². The van der Waals surface area contributed by atoms with Crippen molar-refractivity contribution in [2.75, 3.05) is 6.54 Å². The van der Waals surface area contributed by atoms with Crippen LogP contribution in [-0.2, 0) is 11.2 Å². The highest BCUT2D eigenvalue weighted by Crippen LogP contribution is 2.27. The first-order valence-electron chi connectivity index (χ1n) is 7.66. The molecule has 2 atom stereocenters. The highest BCUT2D eigenvalue weighted by atomic mass is 16.3. The van der Waals surface area contributed by atoms with Gasteiger partial charge in [-0.3, -0.25) is 4.79 Å². The molecule has 1 aromatic rings. The minimum Gasteiger partial charge on any atom is -0.393 e. The Hall–Kier alpha value is -1.61. The predicted octanol–water partition coefficient (Wildman–Crippen LogP) is 2.70. The zero-order chi connectivity index (χ0) is 15.3. The Kier molecular flexibility index (Phi) is 5.18. The number of hydrogen-bond donors (Lipinski definition) is 2. The first-order valence-corrected chi connectivity index (χ1v) is 7.66. The number of carbonyl (C=O) groups is 1. The van der Waals surface area contributed by atoms with E-state index < -0.39 is 6.10 Å². The third-order valence-electron chi connectivity index (χ3n) is 4.50. The Morgan fingerprint density at radius 2 is 1.95 bits per heavy atom. The normalized spacial score (nSPS) is 19.2. The maximum absolute atomic E-state index is 12.1. The van der Waals surface area contributed by atoms with Crippen LogP contribution in [0.25, 0.3) is 0 Å². The summed E-state index contributed by atoms with van der Waals surface area (Å²) in [6.45, 7) is 4.32. The summed E-state index contributed by atoms with van der Waals surface area (Å²) in [5.74, 6) is 0.167. The van der Waals surface area contributed by atoms with Gasteiger partial charge in [0.25, 0.3) is 0 Å². The Bertz CT molecular complexity index is 487. The molecule has 0 saturated heterocycles. The number of rotatable bonds is 6. The van der Waals surface area contributed by atoms with Crippen molar-refractivity contribution in [1.29, 1.82) is 0 Å². The number of aliphatic hydroxyl groups is 1. The average Bonchev–Trinajstić information content (AvgIpc) is 3.00. The summed E-state index contributed by atoms with van der Waals surface area (Å²) >= 11 is 0. The molecule has 0 bridgehead atoms. The largest absolute Gasteiger partial charge is 0.393 e. The predicted molar refractivity (Wildman–Crippen MR) is 84.8 cm³/mol. The van der Waals surface area contributed by atoms with E-state index in [-0.39, 0.29) is 17.2 Å². The molecule has 2 rings (SSSR count). The number of hydrogen-bond acceptors (Lipinski definition) is 2. The lowest BCUT2D eigenvalue weighted by Gasteiger charge is -2.33. The molecular formula is C18H25NO2. The van der Waals surface area contributed by atoms with Crippen molar-refractivity contribution in [2.45, 2.75) is 39.2 Å². The van der Waals surface area contributed by atoms with Gasteiger partial charge in [0.15, 0.2) is 0 Å². The zero-order valence-electron chi connectivity index (χ0n) is 12.9. The van der Waals surface area contributed by atoms with Gasteiger partial charge >= 0.3 is 0 Å². The molecule has 0 spiro atoms. The quantitative estimate of drug-likeness (QED) is 0.790. The number of carbonyl (C=O) groups excluding carboxylic acids is 1. The Balaban J connectivity index is 1.96. The number of aliphatic hydroxyl groups excluding tert-OH is 1. The maximum Gasteiger partial charge on any atom is 0.223 e. The highest BCUT2D eigenvalue weighted by molar-refractivity contribution is 5.79. The van der Waals surface area contributed by atoms with Crippen LogP contribution < -0.4 is 5.32 Å². The minimum absolute atomic E-state index is 0.0694. The van der Waals surface area contributed by atoms with E-state index in [0.29, 0.717) is 6.54 Å². The molecule has 0 radical (unpaired) electrons. The summed E-state index contributed by atoms with van der Waals surface area (Å²) in [4.78, 5) is 12.1. The lowest BCUT2D eigenvalue weighted by molar-refractivity contribution is -0.125. The first kappa shape index (κ1) is 15.8. The van der Waals surface area contributed by atoms with Crippen molar-refractivity contribution in [1.82, 2.24) is 5.32 Å². The summed E-state index contributed by atoms with van der Waals surface area (Å²) in [7, 11) is 0. The number of nitrogens with one attached hydrogen (secondary N) is 1. The molecule has 0 heterocycles. The third kappa shape index (κ3) is 4.18. The minimum atomic E-state index is -0.486. The van der Waals surface area contributed by atoms with Gasteiger partial charge in [-0.1, -0.05) is 49.4 Å². The fourth-order valence-electron chi connectivity index (χ4n) is 2.68. The van der Waals surface area contributed by atoms with E-state index in [1.54, 1.807) is 6.92 Å². The molecule has 1 aliphatic rings. The van der Waals surface area contributed by atoms with Crippen LogP contribution in [0.2, 0.25) is 0 Å². The zero-order valence-corrected chi connectivity index (χ0v) is 12.9. The molecule has 2 N–H and O–H groups in total. The van der Waals surface area contributed by atoms with Crippen molar-refractivity contribution in [3.63, 3.8) is 0 Å². The van der Waals surface area contributed by atoms with Gasteiger partial charge in [-0.05, 0) is 31.7 Å². The molecule has 0 fully saturated rings. The van der Waals surface area contributed by atoms with E-state index in [4.69, 9.17) is 0 Å². The van der Waals surface area contributed by atoms with Crippen LogP contribution >= 0.6 is 0 Å². The lowest BCUT2D eigenvalue weighted by Crippen LogP contribution is -2.45. The number of benzene rings is 1. The molecule has 1 aliphatic carbocycles. The molecule has 3 nitrogen and oxygen atoms in total.